The number of ether oxygens (including phenoxy) is 4. The number of anilines is 1. The van der Waals surface area contributed by atoms with E-state index in [0.717, 1.165) is 44.1 Å². The molecule has 5 unspecified atom stereocenters. The molecule has 2 aliphatic heterocycles. The Morgan fingerprint density at radius 3 is 2.50 bits per heavy atom. The van der Waals surface area contributed by atoms with Crippen LogP contribution >= 0.6 is 0 Å². The monoisotopic (exact) mass is 684 g/mol. The minimum Gasteiger partial charge on any atom is -0.453 e. The fraction of sp³-hybridized carbons (Fsp3) is 0.600. The van der Waals surface area contributed by atoms with E-state index in [9.17, 15) is 18.0 Å². The number of amides is 2. The van der Waals surface area contributed by atoms with Crippen LogP contribution in [0.25, 0.3) is 0 Å². The fourth-order valence-electron chi connectivity index (χ4n) is 7.60. The summed E-state index contributed by atoms with van der Waals surface area (Å²) in [7, 11) is -2.52. The number of hydrogen-bond donors (Lipinski definition) is 3. The molecular weight excluding hydrogens is 636 g/mol. The molecule has 4 N–H and O–H groups in total. The third-order valence-electron chi connectivity index (χ3n) is 10.5. The third kappa shape index (κ3) is 8.24. The number of nitrogens with zero attached hydrogens (tertiary/aromatic N) is 1. The summed E-state index contributed by atoms with van der Waals surface area (Å²) in [5, 5.41) is 5.80. The van der Waals surface area contributed by atoms with Gasteiger partial charge in [-0.3, -0.25) is 0 Å². The third-order valence-corrected chi connectivity index (χ3v) is 12.3. The Hall–Kier alpha value is -3.39. The van der Waals surface area contributed by atoms with Gasteiger partial charge in [0.25, 0.3) is 0 Å². The Labute approximate surface area is 283 Å². The van der Waals surface area contributed by atoms with Crippen molar-refractivity contribution in [1.29, 1.82) is 0 Å². The lowest BCUT2D eigenvalue weighted by Gasteiger charge is -2.30. The zero-order valence-electron chi connectivity index (χ0n) is 27.6. The highest BCUT2D eigenvalue weighted by Gasteiger charge is 2.56. The van der Waals surface area contributed by atoms with Gasteiger partial charge in [-0.05, 0) is 80.2 Å². The van der Waals surface area contributed by atoms with E-state index in [0.29, 0.717) is 44.8 Å². The van der Waals surface area contributed by atoms with Gasteiger partial charge in [0, 0.05) is 49.1 Å². The van der Waals surface area contributed by atoms with Crippen LogP contribution in [0, 0.1) is 23.2 Å². The van der Waals surface area contributed by atoms with Crippen molar-refractivity contribution < 1.29 is 37.0 Å². The second kappa shape index (κ2) is 15.0. The molecule has 13 heteroatoms. The van der Waals surface area contributed by atoms with Crippen LogP contribution in [0.1, 0.15) is 50.5 Å². The van der Waals surface area contributed by atoms with Gasteiger partial charge in [-0.25, -0.2) is 18.0 Å². The first-order valence-electron chi connectivity index (χ1n) is 17.1. The van der Waals surface area contributed by atoms with Gasteiger partial charge < -0.3 is 35.3 Å². The minimum absolute atomic E-state index is 0.128. The lowest BCUT2D eigenvalue weighted by molar-refractivity contribution is -0.169. The van der Waals surface area contributed by atoms with Crippen molar-refractivity contribution in [3.05, 3.63) is 60.2 Å². The number of hydrogen-bond acceptors (Lipinski definition) is 9. The summed E-state index contributed by atoms with van der Waals surface area (Å²) in [5.41, 5.74) is 7.28. The van der Waals surface area contributed by atoms with Crippen molar-refractivity contribution >= 4 is 27.9 Å². The van der Waals surface area contributed by atoms with E-state index < -0.39 is 22.2 Å². The maximum absolute atomic E-state index is 14.1. The van der Waals surface area contributed by atoms with Gasteiger partial charge in [0.1, 0.15) is 6.10 Å². The number of nitrogens with two attached hydrogens (primary N) is 1. The molecule has 2 heterocycles. The number of fused-ring (bicyclic) bond motifs is 1. The highest BCUT2D eigenvalue weighted by atomic mass is 32.2. The summed E-state index contributed by atoms with van der Waals surface area (Å²) in [6, 6.07) is 15.8. The highest BCUT2D eigenvalue weighted by molar-refractivity contribution is 7.89. The van der Waals surface area contributed by atoms with E-state index in [2.05, 4.69) is 15.4 Å². The molecule has 0 spiro atoms. The van der Waals surface area contributed by atoms with Crippen molar-refractivity contribution in [3.8, 4) is 0 Å². The normalized spacial score (nSPS) is 25.8. The van der Waals surface area contributed by atoms with Crippen LogP contribution in [0.2, 0.25) is 0 Å². The second-order valence-corrected chi connectivity index (χ2v) is 15.8. The quantitative estimate of drug-likeness (QED) is 0.173. The van der Waals surface area contributed by atoms with Crippen molar-refractivity contribution in [2.75, 3.05) is 45.7 Å². The Balaban J connectivity index is 1.14. The van der Waals surface area contributed by atoms with E-state index in [1.807, 2.05) is 30.3 Å². The molecule has 4 aliphatic rings. The van der Waals surface area contributed by atoms with Crippen LogP contribution < -0.4 is 16.4 Å². The zero-order valence-corrected chi connectivity index (χ0v) is 28.4. The van der Waals surface area contributed by atoms with Crippen LogP contribution in [-0.2, 0) is 35.4 Å². The lowest BCUT2D eigenvalue weighted by Crippen LogP contribution is -2.44. The van der Waals surface area contributed by atoms with Gasteiger partial charge in [0.15, 0.2) is 6.29 Å². The predicted octanol–water partition coefficient (Wildman–Crippen LogP) is 4.30. The van der Waals surface area contributed by atoms with E-state index in [1.165, 1.54) is 7.11 Å². The van der Waals surface area contributed by atoms with Crippen molar-refractivity contribution in [1.82, 2.24) is 14.9 Å². The predicted molar refractivity (Wildman–Crippen MR) is 178 cm³/mol. The molecule has 2 aromatic rings. The average molecular weight is 685 g/mol. The summed E-state index contributed by atoms with van der Waals surface area (Å²) >= 11 is 0. The van der Waals surface area contributed by atoms with Gasteiger partial charge in [0.2, 0.25) is 10.0 Å². The van der Waals surface area contributed by atoms with Gasteiger partial charge in [0.05, 0.1) is 25.2 Å². The summed E-state index contributed by atoms with van der Waals surface area (Å²) in [6.07, 6.45) is 4.77. The summed E-state index contributed by atoms with van der Waals surface area (Å²) in [5.74, 6) is 0.546. The van der Waals surface area contributed by atoms with Gasteiger partial charge in [-0.2, -0.15) is 4.31 Å². The van der Waals surface area contributed by atoms with Gasteiger partial charge in [-0.15, -0.1) is 0 Å². The topological polar surface area (TPSA) is 159 Å². The molecule has 0 radical (unpaired) electrons. The van der Waals surface area contributed by atoms with Crippen LogP contribution in [0.15, 0.2) is 59.5 Å². The molecule has 6 rings (SSSR count). The van der Waals surface area contributed by atoms with Crippen molar-refractivity contribution in [2.24, 2.45) is 23.2 Å². The standard InChI is InChI=1S/C35H48N4O8S/c1-44-33(40)37-17-6-5-14-35(15-16-35)23-39(48(42,43)28-11-9-26(36)10-12-28)18-13-27(19-24-7-3-2-4-8-24)38-34(41)47-31-25-20-29-30(31)22-46-32(29)45-21-25/h2-4,7-12,25,27,29-32H,5-6,13-23,36H2,1H3,(H,37,40)(H,38,41)/t25?,27-,29?,30?,31?,32?/m1/s1. The molecule has 48 heavy (non-hydrogen) atoms. The molecule has 2 bridgehead atoms. The molecular formula is C35H48N4O8S. The Morgan fingerprint density at radius 1 is 1.02 bits per heavy atom. The van der Waals surface area contributed by atoms with E-state index in [-0.39, 0.29) is 53.0 Å². The van der Waals surface area contributed by atoms with E-state index in [4.69, 9.17) is 19.9 Å². The smallest absolute Gasteiger partial charge is 0.407 e. The SMILES string of the molecule is COC(=O)NCCCCC1(CN(CC[C@H](Cc2ccccc2)NC(=O)OC2C3COC4OCC2C4C3)S(=O)(=O)c2ccc(N)cc2)CC1. The first-order valence-corrected chi connectivity index (χ1v) is 18.5. The minimum atomic E-state index is -3.86. The molecule has 12 nitrogen and oxygen atoms in total. The molecule has 0 aromatic heterocycles. The average Bonchev–Trinajstić information content (AvgIpc) is 3.62. The molecule has 2 amide bonds. The van der Waals surface area contributed by atoms with Crippen LogP contribution in [-0.4, -0.2) is 83.3 Å². The first-order chi connectivity index (χ1) is 23.2. The van der Waals surface area contributed by atoms with Gasteiger partial charge in [-0.1, -0.05) is 36.8 Å². The largest absolute Gasteiger partial charge is 0.453 e. The number of carbonyl (C=O) groups is 2. The molecule has 262 valence electrons. The second-order valence-electron chi connectivity index (χ2n) is 13.8. The fourth-order valence-corrected chi connectivity index (χ4v) is 9.16. The maximum atomic E-state index is 14.1. The van der Waals surface area contributed by atoms with Crippen LogP contribution in [0.4, 0.5) is 15.3 Å². The van der Waals surface area contributed by atoms with E-state index >= 15 is 0 Å². The molecule has 2 aliphatic carbocycles. The number of nitrogens with one attached hydrogen (secondary N) is 2. The number of benzene rings is 2. The number of nitrogen functional groups attached to an aromatic ring is 1. The Morgan fingerprint density at radius 2 is 1.77 bits per heavy atom. The van der Waals surface area contributed by atoms with Crippen molar-refractivity contribution in [2.45, 2.75) is 74.7 Å². The number of sulfonamides is 1. The highest BCUT2D eigenvalue weighted by Crippen LogP contribution is 2.51. The van der Waals surface area contributed by atoms with Crippen LogP contribution in [0.3, 0.4) is 0 Å². The molecule has 2 aromatic carbocycles. The van der Waals surface area contributed by atoms with Crippen molar-refractivity contribution in [3.63, 3.8) is 0 Å². The summed E-state index contributed by atoms with van der Waals surface area (Å²) < 4.78 is 52.2. The number of unbranched alkanes of at least 4 members (excludes halogenated alkanes) is 1. The zero-order chi connectivity index (χ0) is 33.7. The Bertz CT molecular complexity index is 1500. The lowest BCUT2D eigenvalue weighted by atomic mass is 9.98. The number of methoxy groups -OCH3 is 1. The number of alkyl carbamates (subject to hydrolysis) is 2. The molecule has 6 atom stereocenters. The van der Waals surface area contributed by atoms with E-state index in [1.54, 1.807) is 28.6 Å². The Kier molecular flexibility index (Phi) is 10.8. The van der Waals surface area contributed by atoms with Gasteiger partial charge >= 0.3 is 12.2 Å². The maximum Gasteiger partial charge on any atom is 0.407 e. The molecule has 2 saturated heterocycles. The molecule has 2 saturated carbocycles. The first kappa shape index (κ1) is 34.5. The van der Waals surface area contributed by atoms with Crippen LogP contribution in [0.5, 0.6) is 0 Å². The number of rotatable bonds is 16. The molecule has 4 fully saturated rings. The number of carbonyl (C=O) groups excluding carboxylic acids is 2. The summed E-state index contributed by atoms with van der Waals surface area (Å²) in [4.78, 5) is 25.0. The summed E-state index contributed by atoms with van der Waals surface area (Å²) in [6.45, 7) is 2.14.